The molecular formula is C100H60N12. The van der Waals surface area contributed by atoms with Crippen molar-refractivity contribution < 1.29 is 0 Å². The zero-order chi connectivity index (χ0) is 74.0. The molecule has 520 valence electrons. The number of rotatable bonds is 10. The van der Waals surface area contributed by atoms with Crippen LogP contribution in [0.1, 0.15) is 0 Å². The van der Waals surface area contributed by atoms with E-state index < -0.39 is 0 Å². The number of aromatic nitrogens is 12. The van der Waals surface area contributed by atoms with Crippen LogP contribution in [0.3, 0.4) is 0 Å². The average Bonchev–Trinajstić information content (AvgIpc) is 0.742. The SMILES string of the molecule is c1ccc(-c2ccc3ccc4ccc(-c5ccc(-c6ccc7ccc(-c8ccc9ccc(-c%10ccncn%10)nc9c8)nc7c6)c6ccccc56)nc4c3n2)cc1.c1ccc(-c2ccc3ccc4ccc(-c5ccc6cc(-c7ccc8ccc(-c9ccc%10ccc(-c%11ccncn%11)nc%10c9)nc8c7)ccc6c5)nc4c3n2)cc1. The first-order chi connectivity index (χ1) is 55.4. The van der Waals surface area contributed by atoms with Crippen LogP contribution in [0.4, 0.5) is 0 Å². The fraction of sp³-hybridized carbons (Fsp3) is 0. The predicted molar refractivity (Wildman–Crippen MR) is 456 cm³/mol. The van der Waals surface area contributed by atoms with Gasteiger partial charge in [-0.1, -0.05) is 243 Å². The van der Waals surface area contributed by atoms with Gasteiger partial charge in [0.25, 0.3) is 0 Å². The van der Waals surface area contributed by atoms with Crippen LogP contribution < -0.4 is 0 Å². The van der Waals surface area contributed by atoms with E-state index in [0.29, 0.717) is 0 Å². The van der Waals surface area contributed by atoms with Crippen molar-refractivity contribution in [3.63, 3.8) is 0 Å². The Balaban J connectivity index is 0.000000141. The van der Waals surface area contributed by atoms with Crippen LogP contribution in [0.2, 0.25) is 0 Å². The van der Waals surface area contributed by atoms with Crippen LogP contribution in [0.25, 0.3) is 221 Å². The minimum absolute atomic E-state index is 0.793. The van der Waals surface area contributed by atoms with Crippen molar-refractivity contribution >= 4 is 109 Å². The number of benzene rings is 12. The summed E-state index contributed by atoms with van der Waals surface area (Å²) in [4.78, 5) is 57.7. The standard InChI is InChI=1S/2C50H30N6/c1-2-6-31(7-3-1)42-23-18-34-12-13-35-19-24-44(56-50(35)49(34)55-42)41-21-20-38(39-8-4-5-9-40(39)41)36-14-10-32-16-22-43(53-47(32)28-36)37-15-11-33-17-25-46(54-48(33)29-37)45-26-27-51-30-52-45;1-2-4-31(5-3-1)42-21-18-34-8-9-35-19-22-44(56-50(35)49(34)55-42)40-15-13-36-26-37(11-12-38(36)27-40)39-10-6-32-16-20-43(53-47(32)28-39)41-14-7-33-17-23-46(54-48(33)29-41)45-24-25-51-30-52-45/h2*1-30H. The Morgan fingerprint density at radius 3 is 0.911 bits per heavy atom. The molecule has 0 radical (unpaired) electrons. The number of hydrogen-bond donors (Lipinski definition) is 0. The van der Waals surface area contributed by atoms with E-state index >= 15 is 0 Å². The topological polar surface area (TPSA) is 155 Å². The largest absolute Gasteiger partial charge is 0.248 e. The first kappa shape index (κ1) is 64.9. The molecule has 10 aromatic heterocycles. The van der Waals surface area contributed by atoms with Gasteiger partial charge < -0.3 is 0 Å². The molecule has 0 aliphatic carbocycles. The molecule has 0 amide bonds. The van der Waals surface area contributed by atoms with Gasteiger partial charge >= 0.3 is 0 Å². The number of pyridine rings is 8. The maximum Gasteiger partial charge on any atom is 0.116 e. The van der Waals surface area contributed by atoms with E-state index in [4.69, 9.17) is 39.9 Å². The highest BCUT2D eigenvalue weighted by atomic mass is 14.9. The smallest absolute Gasteiger partial charge is 0.116 e. The highest BCUT2D eigenvalue weighted by Crippen LogP contribution is 2.40. The Kier molecular flexibility index (Phi) is 15.9. The molecule has 12 nitrogen and oxygen atoms in total. The average molecular weight is 1430 g/mol. The molecule has 0 spiro atoms. The fourth-order valence-corrected chi connectivity index (χ4v) is 15.4. The van der Waals surface area contributed by atoms with Crippen LogP contribution in [0.5, 0.6) is 0 Å². The lowest BCUT2D eigenvalue weighted by Gasteiger charge is -2.13. The van der Waals surface area contributed by atoms with Gasteiger partial charge in [0, 0.05) is 88.9 Å². The summed E-state index contributed by atoms with van der Waals surface area (Å²) in [6, 6.07) is 118. The molecular weight excluding hydrogens is 1370 g/mol. The summed E-state index contributed by atoms with van der Waals surface area (Å²) in [5.41, 5.74) is 26.9. The molecule has 0 bridgehead atoms. The summed E-state index contributed by atoms with van der Waals surface area (Å²) in [7, 11) is 0. The van der Waals surface area contributed by atoms with Crippen LogP contribution >= 0.6 is 0 Å². The number of nitrogens with zero attached hydrogens (tertiary/aromatic N) is 12. The normalized spacial score (nSPS) is 11.6. The molecule has 10 heterocycles. The molecule has 0 aliphatic heterocycles. The summed E-state index contributed by atoms with van der Waals surface area (Å²) in [6.45, 7) is 0. The van der Waals surface area contributed by atoms with Crippen molar-refractivity contribution in [3.05, 3.63) is 365 Å². The van der Waals surface area contributed by atoms with Gasteiger partial charge in [0.2, 0.25) is 0 Å². The third-order valence-electron chi connectivity index (χ3n) is 21.2. The van der Waals surface area contributed by atoms with E-state index in [1.54, 1.807) is 25.0 Å². The molecule has 0 fully saturated rings. The first-order valence-corrected chi connectivity index (χ1v) is 37.2. The molecule has 0 aliphatic rings. The monoisotopic (exact) mass is 1430 g/mol. The Hall–Kier alpha value is -15.4. The summed E-state index contributed by atoms with van der Waals surface area (Å²) in [6.07, 6.45) is 6.56. The Bertz CT molecular complexity index is 7510. The van der Waals surface area contributed by atoms with Crippen LogP contribution in [0, 0.1) is 0 Å². The molecule has 0 saturated carbocycles. The quantitative estimate of drug-likeness (QED) is 0.120. The Labute approximate surface area is 642 Å². The third kappa shape index (κ3) is 12.2. The van der Waals surface area contributed by atoms with E-state index in [0.717, 1.165) is 216 Å². The zero-order valence-corrected chi connectivity index (χ0v) is 60.0. The second kappa shape index (κ2) is 27.4. The second-order valence-electron chi connectivity index (χ2n) is 28.0. The fourth-order valence-electron chi connectivity index (χ4n) is 15.4. The minimum Gasteiger partial charge on any atom is -0.248 e. The molecule has 22 rings (SSSR count). The predicted octanol–water partition coefficient (Wildman–Crippen LogP) is 24.3. The summed E-state index contributed by atoms with van der Waals surface area (Å²) < 4.78 is 0. The second-order valence-corrected chi connectivity index (χ2v) is 28.0. The molecule has 0 saturated heterocycles. The Morgan fingerprint density at radius 2 is 0.455 bits per heavy atom. The molecule has 22 aromatic rings. The van der Waals surface area contributed by atoms with E-state index in [2.05, 4.69) is 299 Å². The van der Waals surface area contributed by atoms with E-state index in [1.807, 2.05) is 60.7 Å². The zero-order valence-electron chi connectivity index (χ0n) is 60.0. The third-order valence-corrected chi connectivity index (χ3v) is 21.2. The summed E-state index contributed by atoms with van der Waals surface area (Å²) >= 11 is 0. The number of fused-ring (bicyclic) bond motifs is 12. The highest BCUT2D eigenvalue weighted by Gasteiger charge is 2.18. The Morgan fingerprint density at radius 1 is 0.161 bits per heavy atom. The summed E-state index contributed by atoms with van der Waals surface area (Å²) in [5.74, 6) is 0. The van der Waals surface area contributed by atoms with Gasteiger partial charge in [0.05, 0.1) is 101 Å². The van der Waals surface area contributed by atoms with Crippen molar-refractivity contribution in [2.24, 2.45) is 0 Å². The lowest BCUT2D eigenvalue weighted by Crippen LogP contribution is -1.92. The molecule has 112 heavy (non-hydrogen) atoms. The maximum atomic E-state index is 5.30. The van der Waals surface area contributed by atoms with Gasteiger partial charge in [-0.3, -0.25) is 0 Å². The van der Waals surface area contributed by atoms with E-state index in [1.165, 1.54) is 5.39 Å². The van der Waals surface area contributed by atoms with Gasteiger partial charge in [-0.25, -0.2) is 59.8 Å². The minimum atomic E-state index is 0.793. The lowest BCUT2D eigenvalue weighted by molar-refractivity contribution is 1.16. The first-order valence-electron chi connectivity index (χ1n) is 37.2. The van der Waals surface area contributed by atoms with Gasteiger partial charge in [-0.05, 0) is 141 Å². The number of hydrogen-bond acceptors (Lipinski definition) is 12. The van der Waals surface area contributed by atoms with Crippen molar-refractivity contribution in [1.82, 2.24) is 59.8 Å². The van der Waals surface area contributed by atoms with Crippen molar-refractivity contribution in [2.75, 3.05) is 0 Å². The van der Waals surface area contributed by atoms with Gasteiger partial charge in [-0.2, -0.15) is 0 Å². The van der Waals surface area contributed by atoms with Crippen LogP contribution in [-0.2, 0) is 0 Å². The van der Waals surface area contributed by atoms with E-state index in [9.17, 15) is 0 Å². The lowest BCUT2D eigenvalue weighted by atomic mass is 9.93. The molecule has 0 unspecified atom stereocenters. The molecule has 0 atom stereocenters. The van der Waals surface area contributed by atoms with E-state index in [-0.39, 0.29) is 0 Å². The van der Waals surface area contributed by atoms with Gasteiger partial charge in [0.15, 0.2) is 0 Å². The molecule has 0 N–H and O–H groups in total. The summed E-state index contributed by atoms with van der Waals surface area (Å²) in [5, 5.41) is 13.2. The van der Waals surface area contributed by atoms with Crippen LogP contribution in [0.15, 0.2) is 365 Å². The van der Waals surface area contributed by atoms with Crippen molar-refractivity contribution in [3.8, 4) is 113 Å². The van der Waals surface area contributed by atoms with Crippen molar-refractivity contribution in [2.45, 2.75) is 0 Å². The van der Waals surface area contributed by atoms with Gasteiger partial charge in [0.1, 0.15) is 12.7 Å². The highest BCUT2D eigenvalue weighted by molar-refractivity contribution is 6.09. The maximum absolute atomic E-state index is 5.30. The van der Waals surface area contributed by atoms with Crippen LogP contribution in [-0.4, -0.2) is 59.8 Å². The molecule has 12 heteroatoms. The molecule has 12 aromatic carbocycles. The van der Waals surface area contributed by atoms with Gasteiger partial charge in [-0.15, -0.1) is 0 Å². The van der Waals surface area contributed by atoms with Crippen molar-refractivity contribution in [1.29, 1.82) is 0 Å².